The topological polar surface area (TPSA) is 28.4 Å². The minimum atomic E-state index is -4.34. The van der Waals surface area contributed by atoms with Crippen LogP contribution >= 0.6 is 0 Å². The van der Waals surface area contributed by atoms with Gasteiger partial charge in [0.25, 0.3) is 0 Å². The molecule has 3 nitrogen and oxygen atoms in total. The Morgan fingerprint density at radius 3 is 2.24 bits per heavy atom. The Morgan fingerprint density at radius 1 is 1.08 bits per heavy atom. The molecule has 1 atom stereocenters. The number of β-amino-alcohol motifs (C(OH)–C–C–N with tert-alkyl or cyclic N) is 1. The fourth-order valence-corrected chi connectivity index (χ4v) is 3.63. The predicted molar refractivity (Wildman–Crippen MR) is 90.9 cm³/mol. The summed E-state index contributed by atoms with van der Waals surface area (Å²) in [5, 5.41) is 10.6. The molecular formula is C19H23F3N2O. The van der Waals surface area contributed by atoms with Crippen LogP contribution in [-0.4, -0.2) is 34.2 Å². The summed E-state index contributed by atoms with van der Waals surface area (Å²) in [4.78, 5) is 2.24. The van der Waals surface area contributed by atoms with Gasteiger partial charge < -0.3 is 14.6 Å². The number of rotatable bonds is 4. The number of hydrogen-bond acceptors (Lipinski definition) is 2. The van der Waals surface area contributed by atoms with Gasteiger partial charge in [0, 0.05) is 29.2 Å². The van der Waals surface area contributed by atoms with Gasteiger partial charge in [-0.2, -0.15) is 13.2 Å². The first-order chi connectivity index (χ1) is 11.8. The molecule has 1 N–H and O–H groups in total. The van der Waals surface area contributed by atoms with E-state index in [4.69, 9.17) is 0 Å². The standard InChI is InChI=1S/C19H23F3N2O/c1-13-11-17(18(25)12-23-9-3-4-10-23)14(2)24(13)16-7-5-15(6-8-16)19(20,21)22/h5-8,11,18,25H,3-4,9-10,12H2,1-2H3. The normalized spacial score (nSPS) is 17.2. The molecule has 25 heavy (non-hydrogen) atoms. The molecule has 2 heterocycles. The molecule has 0 radical (unpaired) electrons. The zero-order valence-corrected chi connectivity index (χ0v) is 14.5. The molecule has 1 fully saturated rings. The molecule has 1 aromatic heterocycles. The molecule has 0 aliphatic carbocycles. The number of aliphatic hydroxyl groups excluding tert-OH is 1. The predicted octanol–water partition coefficient (Wildman–Crippen LogP) is 4.24. The van der Waals surface area contributed by atoms with Crippen LogP contribution in [0.1, 0.15) is 41.5 Å². The van der Waals surface area contributed by atoms with Crippen molar-refractivity contribution in [3.05, 3.63) is 52.8 Å². The minimum absolute atomic E-state index is 0.590. The van der Waals surface area contributed by atoms with E-state index in [0.717, 1.165) is 55.0 Å². The van der Waals surface area contributed by atoms with E-state index in [0.29, 0.717) is 12.2 Å². The largest absolute Gasteiger partial charge is 0.416 e. The molecule has 0 amide bonds. The third-order valence-corrected chi connectivity index (χ3v) is 4.91. The highest BCUT2D eigenvalue weighted by atomic mass is 19.4. The van der Waals surface area contributed by atoms with Gasteiger partial charge in [-0.1, -0.05) is 0 Å². The molecule has 1 aliphatic heterocycles. The molecular weight excluding hydrogens is 329 g/mol. The van der Waals surface area contributed by atoms with Crippen molar-refractivity contribution in [3.63, 3.8) is 0 Å². The lowest BCUT2D eigenvalue weighted by molar-refractivity contribution is -0.137. The fraction of sp³-hybridized carbons (Fsp3) is 0.474. The first-order valence-electron chi connectivity index (χ1n) is 8.54. The van der Waals surface area contributed by atoms with E-state index in [2.05, 4.69) is 4.90 Å². The Kier molecular flexibility index (Phi) is 4.93. The van der Waals surface area contributed by atoms with E-state index in [1.54, 1.807) is 0 Å². The SMILES string of the molecule is Cc1cc(C(O)CN2CCCC2)c(C)n1-c1ccc(C(F)(F)F)cc1. The van der Waals surface area contributed by atoms with Crippen molar-refractivity contribution < 1.29 is 18.3 Å². The Labute approximate surface area is 145 Å². The van der Waals surface area contributed by atoms with E-state index in [-0.39, 0.29) is 0 Å². The van der Waals surface area contributed by atoms with Gasteiger partial charge in [-0.05, 0) is 70.1 Å². The quantitative estimate of drug-likeness (QED) is 0.891. The maximum atomic E-state index is 12.7. The van der Waals surface area contributed by atoms with E-state index < -0.39 is 17.8 Å². The van der Waals surface area contributed by atoms with E-state index in [9.17, 15) is 18.3 Å². The van der Waals surface area contributed by atoms with Gasteiger partial charge in [-0.25, -0.2) is 0 Å². The number of halogens is 3. The summed E-state index contributed by atoms with van der Waals surface area (Å²) in [5.41, 5.74) is 2.61. The van der Waals surface area contributed by atoms with Crippen molar-refractivity contribution in [2.75, 3.05) is 19.6 Å². The second-order valence-corrected chi connectivity index (χ2v) is 6.73. The first kappa shape index (κ1) is 18.0. The minimum Gasteiger partial charge on any atom is -0.387 e. The molecule has 6 heteroatoms. The number of likely N-dealkylation sites (tertiary alicyclic amines) is 1. The van der Waals surface area contributed by atoms with Crippen LogP contribution in [0.4, 0.5) is 13.2 Å². The number of aryl methyl sites for hydroxylation is 1. The Balaban J connectivity index is 1.86. The molecule has 1 aromatic carbocycles. The Hall–Kier alpha value is -1.79. The van der Waals surface area contributed by atoms with Gasteiger partial charge in [0.05, 0.1) is 11.7 Å². The van der Waals surface area contributed by atoms with Crippen molar-refractivity contribution in [3.8, 4) is 5.69 Å². The highest BCUT2D eigenvalue weighted by Gasteiger charge is 2.30. The van der Waals surface area contributed by atoms with Gasteiger partial charge in [-0.3, -0.25) is 0 Å². The Bertz CT molecular complexity index is 728. The second-order valence-electron chi connectivity index (χ2n) is 6.73. The average Bonchev–Trinajstić information content (AvgIpc) is 3.14. The molecule has 0 bridgehead atoms. The van der Waals surface area contributed by atoms with Gasteiger partial charge in [0.1, 0.15) is 0 Å². The third-order valence-electron chi connectivity index (χ3n) is 4.91. The van der Waals surface area contributed by atoms with Crippen LogP contribution in [0.3, 0.4) is 0 Å². The van der Waals surface area contributed by atoms with Crippen molar-refractivity contribution >= 4 is 0 Å². The van der Waals surface area contributed by atoms with Crippen molar-refractivity contribution in [2.45, 2.75) is 39.0 Å². The van der Waals surface area contributed by atoms with Gasteiger partial charge in [-0.15, -0.1) is 0 Å². The van der Waals surface area contributed by atoms with Crippen LogP contribution in [0.15, 0.2) is 30.3 Å². The van der Waals surface area contributed by atoms with Crippen LogP contribution in [0, 0.1) is 13.8 Å². The number of alkyl halides is 3. The van der Waals surface area contributed by atoms with Gasteiger partial charge in [0.2, 0.25) is 0 Å². The van der Waals surface area contributed by atoms with Crippen LogP contribution in [0.25, 0.3) is 5.69 Å². The average molecular weight is 352 g/mol. The van der Waals surface area contributed by atoms with Crippen LogP contribution in [-0.2, 0) is 6.18 Å². The highest BCUT2D eigenvalue weighted by Crippen LogP contribution is 2.31. The maximum absolute atomic E-state index is 12.7. The molecule has 3 rings (SSSR count). The monoisotopic (exact) mass is 352 g/mol. The van der Waals surface area contributed by atoms with Crippen molar-refractivity contribution in [2.24, 2.45) is 0 Å². The van der Waals surface area contributed by atoms with Crippen LogP contribution < -0.4 is 0 Å². The fourth-order valence-electron chi connectivity index (χ4n) is 3.63. The summed E-state index contributed by atoms with van der Waals surface area (Å²) in [6.07, 6.45) is -2.60. The molecule has 2 aromatic rings. The summed E-state index contributed by atoms with van der Waals surface area (Å²) in [6, 6.07) is 7.05. The number of nitrogens with zero attached hydrogens (tertiary/aromatic N) is 2. The summed E-state index contributed by atoms with van der Waals surface area (Å²) < 4.78 is 40.1. The number of aromatic nitrogens is 1. The lowest BCUT2D eigenvalue weighted by Gasteiger charge is -2.20. The summed E-state index contributed by atoms with van der Waals surface area (Å²) in [6.45, 7) is 6.41. The molecule has 1 aliphatic rings. The number of aliphatic hydroxyl groups is 1. The maximum Gasteiger partial charge on any atom is 0.416 e. The lowest BCUT2D eigenvalue weighted by Crippen LogP contribution is -2.25. The lowest BCUT2D eigenvalue weighted by atomic mass is 10.1. The first-order valence-corrected chi connectivity index (χ1v) is 8.54. The second kappa shape index (κ2) is 6.84. The van der Waals surface area contributed by atoms with Crippen molar-refractivity contribution in [1.82, 2.24) is 9.47 Å². The summed E-state index contributed by atoms with van der Waals surface area (Å²) >= 11 is 0. The summed E-state index contributed by atoms with van der Waals surface area (Å²) in [7, 11) is 0. The molecule has 0 saturated carbocycles. The van der Waals surface area contributed by atoms with Crippen LogP contribution in [0.5, 0.6) is 0 Å². The molecule has 136 valence electrons. The molecule has 0 spiro atoms. The zero-order valence-electron chi connectivity index (χ0n) is 14.5. The molecule has 1 saturated heterocycles. The third kappa shape index (κ3) is 3.75. The van der Waals surface area contributed by atoms with E-state index >= 15 is 0 Å². The Morgan fingerprint density at radius 2 is 1.68 bits per heavy atom. The molecule has 1 unspecified atom stereocenters. The van der Waals surface area contributed by atoms with Gasteiger partial charge >= 0.3 is 6.18 Å². The number of benzene rings is 1. The van der Waals surface area contributed by atoms with E-state index in [1.165, 1.54) is 12.1 Å². The van der Waals surface area contributed by atoms with Gasteiger partial charge in [0.15, 0.2) is 0 Å². The zero-order chi connectivity index (χ0) is 18.2. The smallest absolute Gasteiger partial charge is 0.387 e. The van der Waals surface area contributed by atoms with Crippen LogP contribution in [0.2, 0.25) is 0 Å². The highest BCUT2D eigenvalue weighted by molar-refractivity contribution is 5.43. The van der Waals surface area contributed by atoms with E-state index in [1.807, 2.05) is 24.5 Å². The van der Waals surface area contributed by atoms with Crippen molar-refractivity contribution in [1.29, 1.82) is 0 Å². The summed E-state index contributed by atoms with van der Waals surface area (Å²) in [5.74, 6) is 0. The number of hydrogen-bond donors (Lipinski definition) is 1.